The molecule has 200 valence electrons. The van der Waals surface area contributed by atoms with Crippen molar-refractivity contribution >= 4 is 59.9 Å². The summed E-state index contributed by atoms with van der Waals surface area (Å²) in [6.07, 6.45) is 10.8. The molecule has 0 amide bonds. The third-order valence-corrected chi connectivity index (χ3v) is 10.0. The summed E-state index contributed by atoms with van der Waals surface area (Å²) in [5.41, 5.74) is 11.7. The highest BCUT2D eigenvalue weighted by Crippen LogP contribution is 2.44. The van der Waals surface area contributed by atoms with Crippen LogP contribution < -0.4 is 0 Å². The maximum Gasteiger partial charge on any atom is 0.0538 e. The fourth-order valence-electron chi connectivity index (χ4n) is 6.23. The average molecular weight is 613 g/mol. The lowest BCUT2D eigenvalue weighted by Crippen LogP contribution is -1.97. The van der Waals surface area contributed by atoms with E-state index in [0.717, 1.165) is 17.3 Å². The Kier molecular flexibility index (Phi) is 6.86. The molecule has 6 aromatic rings. The minimum atomic E-state index is 0.887. The lowest BCUT2D eigenvalue weighted by atomic mass is 9.96. The number of aromatic nitrogens is 1. The number of fused-ring (bicyclic) bond motifs is 4. The van der Waals surface area contributed by atoms with Gasteiger partial charge in [0, 0.05) is 25.1 Å². The molecule has 2 heterocycles. The lowest BCUT2D eigenvalue weighted by Gasteiger charge is -2.10. The van der Waals surface area contributed by atoms with Gasteiger partial charge in [-0.3, -0.25) is 0 Å². The van der Waals surface area contributed by atoms with Gasteiger partial charge in [-0.05, 0) is 95.0 Å². The van der Waals surface area contributed by atoms with Crippen molar-refractivity contribution in [3.05, 3.63) is 147 Å². The number of allylic oxidation sites excluding steroid dienone is 4. The highest BCUT2D eigenvalue weighted by molar-refractivity contribution is 9.11. The van der Waals surface area contributed by atoms with Crippen molar-refractivity contribution in [1.82, 2.24) is 4.57 Å². The molecule has 41 heavy (non-hydrogen) atoms. The molecule has 0 unspecified atom stereocenters. The standard InChI is InChI=1S/C38H30BrNS/c1-3-29(25-12-7-5-8-13-25)37-30(4-2)33-17-11-16-31(38(33)41-37)26-18-22-36-34(24-26)32-21-19-27(39)20-23-35(32)40(36)28-14-9-6-10-15-28/h3,5-20,22-24H,4,21H2,1-2H3/b29-3-. The Labute approximate surface area is 253 Å². The minimum Gasteiger partial charge on any atom is -0.310 e. The smallest absolute Gasteiger partial charge is 0.0538 e. The first-order valence-electron chi connectivity index (χ1n) is 14.2. The summed E-state index contributed by atoms with van der Waals surface area (Å²) >= 11 is 5.65. The van der Waals surface area contributed by atoms with Gasteiger partial charge >= 0.3 is 0 Å². The van der Waals surface area contributed by atoms with Crippen LogP contribution in [0.3, 0.4) is 0 Å². The van der Waals surface area contributed by atoms with E-state index >= 15 is 0 Å². The molecule has 0 atom stereocenters. The summed E-state index contributed by atoms with van der Waals surface area (Å²) in [6, 6.07) is 35.4. The average Bonchev–Trinajstić information content (AvgIpc) is 3.47. The third kappa shape index (κ3) is 4.45. The van der Waals surface area contributed by atoms with Gasteiger partial charge < -0.3 is 4.57 Å². The van der Waals surface area contributed by atoms with Crippen LogP contribution in [0.15, 0.2) is 120 Å². The summed E-state index contributed by atoms with van der Waals surface area (Å²) < 4.78 is 4.89. The molecule has 0 saturated heterocycles. The summed E-state index contributed by atoms with van der Waals surface area (Å²) in [5, 5.41) is 2.68. The van der Waals surface area contributed by atoms with Crippen LogP contribution in [0.4, 0.5) is 0 Å². The molecule has 1 nitrogen and oxygen atoms in total. The number of benzene rings is 4. The van der Waals surface area contributed by atoms with Crippen molar-refractivity contribution < 1.29 is 0 Å². The van der Waals surface area contributed by atoms with Crippen LogP contribution in [0.1, 0.15) is 41.1 Å². The first kappa shape index (κ1) is 26.0. The van der Waals surface area contributed by atoms with E-state index in [1.807, 2.05) is 11.3 Å². The number of nitrogens with zero attached hydrogens (tertiary/aromatic N) is 1. The van der Waals surface area contributed by atoms with Gasteiger partial charge in [-0.1, -0.05) is 108 Å². The van der Waals surface area contributed by atoms with E-state index in [0.29, 0.717) is 0 Å². The Balaban J connectivity index is 1.45. The van der Waals surface area contributed by atoms with Crippen LogP contribution in [0, 0.1) is 0 Å². The second-order valence-corrected chi connectivity index (χ2v) is 12.3. The highest BCUT2D eigenvalue weighted by Gasteiger charge is 2.21. The molecule has 0 fully saturated rings. The number of hydrogen-bond acceptors (Lipinski definition) is 1. The number of halogens is 1. The first-order chi connectivity index (χ1) is 20.2. The van der Waals surface area contributed by atoms with Gasteiger partial charge in [-0.25, -0.2) is 0 Å². The van der Waals surface area contributed by atoms with Crippen LogP contribution in [0.2, 0.25) is 0 Å². The Morgan fingerprint density at radius 1 is 0.878 bits per heavy atom. The quantitative estimate of drug-likeness (QED) is 0.183. The van der Waals surface area contributed by atoms with E-state index < -0.39 is 0 Å². The van der Waals surface area contributed by atoms with Gasteiger partial charge in [0.1, 0.15) is 0 Å². The van der Waals surface area contributed by atoms with Crippen molar-refractivity contribution in [1.29, 1.82) is 0 Å². The molecular weight excluding hydrogens is 582 g/mol. The van der Waals surface area contributed by atoms with E-state index in [1.165, 1.54) is 70.6 Å². The predicted octanol–water partition coefficient (Wildman–Crippen LogP) is 11.4. The zero-order valence-corrected chi connectivity index (χ0v) is 25.6. The molecule has 0 N–H and O–H groups in total. The Bertz CT molecular complexity index is 2000. The minimum absolute atomic E-state index is 0.887. The van der Waals surface area contributed by atoms with Gasteiger partial charge in [-0.15, -0.1) is 11.3 Å². The van der Waals surface area contributed by atoms with Crippen molar-refractivity contribution in [2.24, 2.45) is 0 Å². The van der Waals surface area contributed by atoms with Crippen molar-refractivity contribution in [3.63, 3.8) is 0 Å². The van der Waals surface area contributed by atoms with Gasteiger partial charge in [0.15, 0.2) is 0 Å². The molecule has 7 rings (SSSR count). The summed E-state index contributed by atoms with van der Waals surface area (Å²) in [7, 11) is 0. The molecule has 2 aromatic heterocycles. The molecular formula is C38H30BrNS. The van der Waals surface area contributed by atoms with E-state index in [-0.39, 0.29) is 0 Å². The van der Waals surface area contributed by atoms with E-state index in [1.54, 1.807) is 0 Å². The Hall–Kier alpha value is -3.92. The first-order valence-corrected chi connectivity index (χ1v) is 15.8. The molecule has 0 spiro atoms. The normalized spacial score (nSPS) is 13.4. The molecule has 1 aliphatic carbocycles. The van der Waals surface area contributed by atoms with Crippen molar-refractivity contribution in [2.45, 2.75) is 26.7 Å². The van der Waals surface area contributed by atoms with E-state index in [2.05, 4.69) is 156 Å². The van der Waals surface area contributed by atoms with Gasteiger partial charge in [0.05, 0.1) is 11.2 Å². The fraction of sp³-hybridized carbons (Fsp3) is 0.105. The number of aryl methyl sites for hydroxylation is 1. The highest BCUT2D eigenvalue weighted by atomic mass is 79.9. The van der Waals surface area contributed by atoms with E-state index in [9.17, 15) is 0 Å². The lowest BCUT2D eigenvalue weighted by molar-refractivity contribution is 1.09. The van der Waals surface area contributed by atoms with Gasteiger partial charge in [0.2, 0.25) is 0 Å². The fourth-order valence-corrected chi connectivity index (χ4v) is 8.05. The van der Waals surface area contributed by atoms with Crippen LogP contribution >= 0.6 is 27.3 Å². The molecule has 0 aliphatic heterocycles. The molecule has 4 aromatic carbocycles. The second-order valence-electron chi connectivity index (χ2n) is 10.4. The summed E-state index contributed by atoms with van der Waals surface area (Å²) in [4.78, 5) is 1.38. The third-order valence-electron chi connectivity index (χ3n) is 8.13. The van der Waals surface area contributed by atoms with Gasteiger partial charge in [-0.2, -0.15) is 0 Å². The largest absolute Gasteiger partial charge is 0.310 e. The summed E-state index contributed by atoms with van der Waals surface area (Å²) in [5.74, 6) is 0. The van der Waals surface area contributed by atoms with E-state index in [4.69, 9.17) is 0 Å². The van der Waals surface area contributed by atoms with Gasteiger partial charge in [0.25, 0.3) is 0 Å². The molecule has 1 aliphatic rings. The number of hydrogen-bond donors (Lipinski definition) is 0. The van der Waals surface area contributed by atoms with Crippen molar-refractivity contribution in [3.8, 4) is 16.8 Å². The number of thiophene rings is 1. The summed E-state index contributed by atoms with van der Waals surface area (Å²) in [6.45, 7) is 4.44. The van der Waals surface area contributed by atoms with Crippen LogP contribution in [-0.2, 0) is 12.8 Å². The van der Waals surface area contributed by atoms with Crippen LogP contribution in [0.5, 0.6) is 0 Å². The topological polar surface area (TPSA) is 4.93 Å². The second kappa shape index (κ2) is 10.8. The van der Waals surface area contributed by atoms with Crippen molar-refractivity contribution in [2.75, 3.05) is 0 Å². The molecule has 0 saturated carbocycles. The predicted molar refractivity (Wildman–Crippen MR) is 182 cm³/mol. The zero-order valence-electron chi connectivity index (χ0n) is 23.2. The zero-order chi connectivity index (χ0) is 27.9. The Morgan fingerprint density at radius 2 is 1.66 bits per heavy atom. The van der Waals surface area contributed by atoms with Crippen LogP contribution in [-0.4, -0.2) is 4.57 Å². The monoisotopic (exact) mass is 611 g/mol. The number of para-hydroxylation sites is 1. The number of rotatable bonds is 5. The maximum atomic E-state index is 3.72. The molecule has 0 bridgehead atoms. The maximum absolute atomic E-state index is 3.72. The molecule has 0 radical (unpaired) electrons. The van der Waals surface area contributed by atoms with Crippen LogP contribution in [0.25, 0.3) is 49.5 Å². The Morgan fingerprint density at radius 3 is 2.41 bits per heavy atom. The molecule has 3 heteroatoms. The SMILES string of the molecule is C/C=C(/c1ccccc1)c1sc2c(-c3ccc4c(c3)c3c(n4-c4ccccc4)C=CC(Br)=CC3)cccc2c1CC.